The first-order valence-electron chi connectivity index (χ1n) is 11.3. The molecule has 1 aliphatic rings. The molecule has 186 valence electrons. The second-order valence-corrected chi connectivity index (χ2v) is 10.5. The molecule has 0 saturated carbocycles. The van der Waals surface area contributed by atoms with Gasteiger partial charge in [-0.15, -0.1) is 0 Å². The lowest BCUT2D eigenvalue weighted by Gasteiger charge is -2.21. The average molecular weight is 514 g/mol. The fourth-order valence-electron chi connectivity index (χ4n) is 4.05. The summed E-state index contributed by atoms with van der Waals surface area (Å²) in [4.78, 5) is 29.6. The molecule has 0 bridgehead atoms. The molecular weight excluding hydrogens is 490 g/mol. The molecule has 2 amide bonds. The lowest BCUT2D eigenvalue weighted by atomic mass is 10.0. The maximum absolute atomic E-state index is 13.0. The van der Waals surface area contributed by atoms with Crippen molar-refractivity contribution >= 4 is 50.3 Å². The quantitative estimate of drug-likeness (QED) is 0.356. The maximum Gasteiger partial charge on any atom is 0.274 e. The number of anilines is 5. The van der Waals surface area contributed by atoms with E-state index in [2.05, 4.69) is 20.9 Å². The fraction of sp³-hybridized carbons (Fsp3) is 0.0741. The molecule has 3 N–H and O–H groups in total. The molecule has 9 nitrogen and oxygen atoms in total. The van der Waals surface area contributed by atoms with Gasteiger partial charge in [0.25, 0.3) is 11.8 Å². The maximum atomic E-state index is 13.0. The Bertz CT molecular complexity index is 1640. The number of nitrogens with one attached hydrogen (secondary N) is 3. The van der Waals surface area contributed by atoms with Crippen LogP contribution >= 0.6 is 0 Å². The van der Waals surface area contributed by atoms with E-state index < -0.39 is 10.0 Å². The van der Waals surface area contributed by atoms with Gasteiger partial charge in [0, 0.05) is 24.5 Å². The monoisotopic (exact) mass is 513 g/mol. The van der Waals surface area contributed by atoms with Crippen molar-refractivity contribution in [1.82, 2.24) is 4.98 Å². The highest BCUT2D eigenvalue weighted by molar-refractivity contribution is 7.92. The number of amides is 2. The minimum Gasteiger partial charge on any atom is -0.353 e. The fourth-order valence-corrected chi connectivity index (χ4v) is 4.56. The summed E-state index contributed by atoms with van der Waals surface area (Å²) in [7, 11) is -1.98. The van der Waals surface area contributed by atoms with Gasteiger partial charge >= 0.3 is 0 Å². The standard InChI is InChI=1S/C27H23N5O4S/c1-32(37(2,35)36)25-9-4-3-7-19(25)17-10-12-20-23(15-17)30-24-16-18(11-13-21(24)31-26(20)33)29-27(34)22-8-5-6-14-28-22/h3-16,30H,1-2H3,(H,29,34)(H,31,33). The molecule has 1 aromatic heterocycles. The number of para-hydroxylation sites is 1. The van der Waals surface area contributed by atoms with Crippen molar-refractivity contribution in [3.8, 4) is 11.1 Å². The zero-order valence-electron chi connectivity index (χ0n) is 20.0. The van der Waals surface area contributed by atoms with Crippen LogP contribution in [0.25, 0.3) is 11.1 Å². The van der Waals surface area contributed by atoms with E-state index in [0.29, 0.717) is 39.6 Å². The van der Waals surface area contributed by atoms with E-state index in [1.807, 2.05) is 12.1 Å². The van der Waals surface area contributed by atoms with Crippen LogP contribution in [0.1, 0.15) is 20.8 Å². The van der Waals surface area contributed by atoms with Gasteiger partial charge < -0.3 is 16.0 Å². The van der Waals surface area contributed by atoms with Gasteiger partial charge in [-0.1, -0.05) is 30.3 Å². The van der Waals surface area contributed by atoms with Gasteiger partial charge in [0.15, 0.2) is 0 Å². The van der Waals surface area contributed by atoms with E-state index in [0.717, 1.165) is 11.8 Å². The molecule has 0 unspecified atom stereocenters. The summed E-state index contributed by atoms with van der Waals surface area (Å²) >= 11 is 0. The van der Waals surface area contributed by atoms with Crippen molar-refractivity contribution in [2.75, 3.05) is 33.6 Å². The Labute approximate surface area is 214 Å². The molecule has 0 atom stereocenters. The summed E-state index contributed by atoms with van der Waals surface area (Å²) in [6.07, 6.45) is 2.69. The number of hydrogen-bond donors (Lipinski definition) is 3. The molecule has 2 heterocycles. The molecule has 37 heavy (non-hydrogen) atoms. The van der Waals surface area contributed by atoms with Gasteiger partial charge in [-0.25, -0.2) is 8.42 Å². The summed E-state index contributed by atoms with van der Waals surface area (Å²) in [6, 6.07) is 22.6. The van der Waals surface area contributed by atoms with Crippen molar-refractivity contribution in [2.24, 2.45) is 0 Å². The molecule has 5 rings (SSSR count). The summed E-state index contributed by atoms with van der Waals surface area (Å²) in [5.74, 6) is -0.646. The first kappa shape index (κ1) is 24.0. The van der Waals surface area contributed by atoms with E-state index in [1.54, 1.807) is 72.9 Å². The van der Waals surface area contributed by atoms with Crippen molar-refractivity contribution in [3.05, 3.63) is 96.3 Å². The van der Waals surface area contributed by atoms with E-state index in [-0.39, 0.29) is 17.5 Å². The zero-order chi connectivity index (χ0) is 26.2. The van der Waals surface area contributed by atoms with Crippen LogP contribution in [0, 0.1) is 0 Å². The predicted octanol–water partition coefficient (Wildman–Crippen LogP) is 4.71. The minimum absolute atomic E-state index is 0.284. The first-order chi connectivity index (χ1) is 17.7. The molecule has 0 spiro atoms. The van der Waals surface area contributed by atoms with Gasteiger partial charge in [0.2, 0.25) is 10.0 Å². The third kappa shape index (κ3) is 4.87. The Morgan fingerprint density at radius 3 is 2.41 bits per heavy atom. The first-order valence-corrected chi connectivity index (χ1v) is 13.2. The van der Waals surface area contributed by atoms with Crippen molar-refractivity contribution in [1.29, 1.82) is 0 Å². The third-order valence-electron chi connectivity index (χ3n) is 6.01. The highest BCUT2D eigenvalue weighted by atomic mass is 32.2. The summed E-state index contributed by atoms with van der Waals surface area (Å²) in [5.41, 5.74) is 4.85. The molecule has 4 aromatic rings. The van der Waals surface area contributed by atoms with Crippen LogP contribution in [0.2, 0.25) is 0 Å². The summed E-state index contributed by atoms with van der Waals surface area (Å²) in [6.45, 7) is 0. The Morgan fingerprint density at radius 1 is 0.865 bits per heavy atom. The van der Waals surface area contributed by atoms with Gasteiger partial charge in [0.05, 0.1) is 34.6 Å². The number of carbonyl (C=O) groups excluding carboxylic acids is 2. The van der Waals surface area contributed by atoms with Gasteiger partial charge in [-0.2, -0.15) is 0 Å². The largest absolute Gasteiger partial charge is 0.353 e. The molecule has 0 fully saturated rings. The number of rotatable bonds is 5. The van der Waals surface area contributed by atoms with E-state index in [4.69, 9.17) is 0 Å². The second kappa shape index (κ2) is 9.40. The lowest BCUT2D eigenvalue weighted by molar-refractivity contribution is 0.101. The van der Waals surface area contributed by atoms with E-state index in [9.17, 15) is 18.0 Å². The SMILES string of the molecule is CN(c1ccccc1-c1ccc2c(c1)Nc1cc(NC(=O)c3ccccn3)ccc1NC2=O)S(C)(=O)=O. The predicted molar refractivity (Wildman–Crippen MR) is 145 cm³/mol. The zero-order valence-corrected chi connectivity index (χ0v) is 20.8. The Hall–Kier alpha value is -4.70. The number of nitrogens with zero attached hydrogens (tertiary/aromatic N) is 2. The molecule has 10 heteroatoms. The third-order valence-corrected chi connectivity index (χ3v) is 7.20. The highest BCUT2D eigenvalue weighted by Crippen LogP contribution is 2.38. The molecule has 0 aliphatic carbocycles. The molecule has 0 radical (unpaired) electrons. The Balaban J connectivity index is 1.51. The second-order valence-electron chi connectivity index (χ2n) is 8.52. The van der Waals surface area contributed by atoms with Crippen LogP contribution in [0.4, 0.5) is 28.4 Å². The minimum atomic E-state index is -3.48. The van der Waals surface area contributed by atoms with Crippen LogP contribution in [-0.4, -0.2) is 38.5 Å². The average Bonchev–Trinajstić information content (AvgIpc) is 3.03. The number of hydrogen-bond acceptors (Lipinski definition) is 6. The Morgan fingerprint density at radius 2 is 1.65 bits per heavy atom. The van der Waals surface area contributed by atoms with Gasteiger partial charge in [0.1, 0.15) is 5.69 Å². The normalized spacial score (nSPS) is 12.3. The number of pyridine rings is 1. The molecule has 0 saturated heterocycles. The van der Waals surface area contributed by atoms with Crippen molar-refractivity contribution < 1.29 is 18.0 Å². The van der Waals surface area contributed by atoms with E-state index >= 15 is 0 Å². The smallest absolute Gasteiger partial charge is 0.274 e. The number of carbonyl (C=O) groups is 2. The number of benzene rings is 3. The highest BCUT2D eigenvalue weighted by Gasteiger charge is 2.22. The van der Waals surface area contributed by atoms with E-state index in [1.165, 1.54) is 11.4 Å². The van der Waals surface area contributed by atoms with Crippen LogP contribution in [-0.2, 0) is 10.0 Å². The van der Waals surface area contributed by atoms with Gasteiger partial charge in [-0.05, 0) is 54.1 Å². The molecular formula is C27H23N5O4S. The van der Waals surface area contributed by atoms with Crippen LogP contribution in [0.15, 0.2) is 85.1 Å². The van der Waals surface area contributed by atoms with Crippen molar-refractivity contribution in [2.45, 2.75) is 0 Å². The molecule has 3 aromatic carbocycles. The van der Waals surface area contributed by atoms with Crippen LogP contribution in [0.3, 0.4) is 0 Å². The summed E-state index contributed by atoms with van der Waals surface area (Å²) in [5, 5.41) is 9.00. The lowest BCUT2D eigenvalue weighted by Crippen LogP contribution is -2.25. The number of sulfonamides is 1. The van der Waals surface area contributed by atoms with Gasteiger partial charge in [-0.3, -0.25) is 18.9 Å². The van der Waals surface area contributed by atoms with Crippen LogP contribution in [0.5, 0.6) is 0 Å². The topological polar surface area (TPSA) is 120 Å². The van der Waals surface area contributed by atoms with Crippen LogP contribution < -0.4 is 20.3 Å². The van der Waals surface area contributed by atoms with Crippen molar-refractivity contribution in [3.63, 3.8) is 0 Å². The Kier molecular flexibility index (Phi) is 6.10. The molecule has 1 aliphatic heterocycles. The number of fused-ring (bicyclic) bond motifs is 2. The number of aromatic nitrogens is 1. The summed E-state index contributed by atoms with van der Waals surface area (Å²) < 4.78 is 25.6.